The van der Waals surface area contributed by atoms with Gasteiger partial charge in [-0.05, 0) is 44.4 Å². The van der Waals surface area contributed by atoms with E-state index in [9.17, 15) is 4.79 Å². The van der Waals surface area contributed by atoms with Gasteiger partial charge in [0.15, 0.2) is 0 Å². The molecule has 1 fully saturated rings. The van der Waals surface area contributed by atoms with E-state index in [1.54, 1.807) is 0 Å². The van der Waals surface area contributed by atoms with Gasteiger partial charge in [0.1, 0.15) is 0 Å². The highest BCUT2D eigenvalue weighted by Gasteiger charge is 2.26. The molecule has 21 heavy (non-hydrogen) atoms. The maximum Gasteiger partial charge on any atom is 0.253 e. The van der Waals surface area contributed by atoms with E-state index < -0.39 is 0 Å². The van der Waals surface area contributed by atoms with Crippen LogP contribution in [0.4, 0.5) is 0 Å². The number of carbonyl (C=O) groups is 1. The number of nitrogens with zero attached hydrogens (tertiary/aromatic N) is 2. The van der Waals surface area contributed by atoms with Gasteiger partial charge >= 0.3 is 0 Å². The fourth-order valence-corrected chi connectivity index (χ4v) is 2.94. The third-order valence-corrected chi connectivity index (χ3v) is 4.53. The van der Waals surface area contributed by atoms with Gasteiger partial charge in [0, 0.05) is 44.3 Å². The highest BCUT2D eigenvalue weighted by Crippen LogP contribution is 2.19. The lowest BCUT2D eigenvalue weighted by Gasteiger charge is -2.38. The average Bonchev–Trinajstić information content (AvgIpc) is 2.53. The summed E-state index contributed by atoms with van der Waals surface area (Å²) >= 11 is 0. The molecule has 0 aromatic heterocycles. The summed E-state index contributed by atoms with van der Waals surface area (Å²) in [6.07, 6.45) is 2.11. The Morgan fingerprint density at radius 3 is 2.33 bits per heavy atom. The van der Waals surface area contributed by atoms with Crippen molar-refractivity contribution in [1.29, 1.82) is 0 Å². The summed E-state index contributed by atoms with van der Waals surface area (Å²) in [4.78, 5) is 16.9. The summed E-state index contributed by atoms with van der Waals surface area (Å²) in [7, 11) is 1.93. The van der Waals surface area contributed by atoms with E-state index >= 15 is 0 Å². The molecule has 116 valence electrons. The van der Waals surface area contributed by atoms with Crippen molar-refractivity contribution in [3.05, 3.63) is 35.4 Å². The molecular weight excluding hydrogens is 262 g/mol. The van der Waals surface area contributed by atoms with Crippen LogP contribution in [-0.2, 0) is 6.54 Å². The summed E-state index contributed by atoms with van der Waals surface area (Å²) in [6.45, 7) is 7.12. The molecule has 1 aromatic carbocycles. The van der Waals surface area contributed by atoms with Gasteiger partial charge in [-0.3, -0.25) is 4.79 Å². The normalized spacial score (nSPS) is 17.2. The van der Waals surface area contributed by atoms with Crippen LogP contribution in [0.15, 0.2) is 24.3 Å². The molecule has 1 aliphatic heterocycles. The topological polar surface area (TPSA) is 49.6 Å². The number of hydrogen-bond acceptors (Lipinski definition) is 3. The minimum Gasteiger partial charge on any atom is -0.339 e. The van der Waals surface area contributed by atoms with Gasteiger partial charge in [0.25, 0.3) is 5.91 Å². The van der Waals surface area contributed by atoms with Crippen LogP contribution >= 0.6 is 0 Å². The van der Waals surface area contributed by atoms with E-state index in [2.05, 4.69) is 18.7 Å². The molecular formula is C17H27N3O. The number of amides is 1. The summed E-state index contributed by atoms with van der Waals surface area (Å²) < 4.78 is 0. The molecule has 0 unspecified atom stereocenters. The van der Waals surface area contributed by atoms with Crippen LogP contribution in [0, 0.1) is 0 Å². The predicted molar refractivity (Wildman–Crippen MR) is 86.2 cm³/mol. The molecule has 1 amide bonds. The zero-order chi connectivity index (χ0) is 15.4. The third kappa shape index (κ3) is 3.83. The van der Waals surface area contributed by atoms with Crippen molar-refractivity contribution in [2.75, 3.05) is 20.1 Å². The zero-order valence-corrected chi connectivity index (χ0v) is 13.4. The van der Waals surface area contributed by atoms with Gasteiger partial charge in [-0.15, -0.1) is 0 Å². The molecule has 0 bridgehead atoms. The SMILES string of the molecule is CC(C)N1CCC(N(C)C(=O)c2ccc(CN)cc2)CC1. The van der Waals surface area contributed by atoms with Gasteiger partial charge in [-0.2, -0.15) is 0 Å². The number of nitrogens with two attached hydrogens (primary N) is 1. The second-order valence-corrected chi connectivity index (χ2v) is 6.18. The molecule has 0 spiro atoms. The smallest absolute Gasteiger partial charge is 0.253 e. The Kier molecular flexibility index (Phi) is 5.37. The van der Waals surface area contributed by atoms with Crippen LogP contribution in [0.3, 0.4) is 0 Å². The first-order valence-electron chi connectivity index (χ1n) is 7.83. The quantitative estimate of drug-likeness (QED) is 0.923. The Morgan fingerprint density at radius 2 is 1.86 bits per heavy atom. The molecule has 4 heteroatoms. The molecule has 1 saturated heterocycles. The van der Waals surface area contributed by atoms with Crippen LogP contribution in [0.5, 0.6) is 0 Å². The summed E-state index contributed by atoms with van der Waals surface area (Å²) in [6, 6.07) is 8.57. The largest absolute Gasteiger partial charge is 0.339 e. The zero-order valence-electron chi connectivity index (χ0n) is 13.4. The molecule has 0 aliphatic carbocycles. The van der Waals surface area contributed by atoms with Gasteiger partial charge < -0.3 is 15.5 Å². The molecule has 0 atom stereocenters. The molecule has 4 nitrogen and oxygen atoms in total. The summed E-state index contributed by atoms with van der Waals surface area (Å²) in [5.74, 6) is 0.113. The Bertz CT molecular complexity index is 461. The Labute approximate surface area is 127 Å². The highest BCUT2D eigenvalue weighted by molar-refractivity contribution is 5.94. The second-order valence-electron chi connectivity index (χ2n) is 6.18. The Morgan fingerprint density at radius 1 is 1.29 bits per heavy atom. The lowest BCUT2D eigenvalue weighted by molar-refractivity contribution is 0.0615. The van der Waals surface area contributed by atoms with Gasteiger partial charge in [-0.1, -0.05) is 12.1 Å². The standard InChI is InChI=1S/C17H27N3O/c1-13(2)20-10-8-16(9-11-20)19(3)17(21)15-6-4-14(12-18)5-7-15/h4-7,13,16H,8-12,18H2,1-3H3. The fourth-order valence-electron chi connectivity index (χ4n) is 2.94. The van der Waals surface area contributed by atoms with Crippen LogP contribution in [0.25, 0.3) is 0 Å². The first-order valence-corrected chi connectivity index (χ1v) is 7.83. The van der Waals surface area contributed by atoms with E-state index in [-0.39, 0.29) is 5.91 Å². The molecule has 2 N–H and O–H groups in total. The van der Waals surface area contributed by atoms with Crippen molar-refractivity contribution in [2.24, 2.45) is 5.73 Å². The Hall–Kier alpha value is -1.39. The lowest BCUT2D eigenvalue weighted by Crippen LogP contribution is -2.47. The number of benzene rings is 1. The maximum absolute atomic E-state index is 12.5. The monoisotopic (exact) mass is 289 g/mol. The minimum absolute atomic E-state index is 0.113. The van der Waals surface area contributed by atoms with Crippen molar-refractivity contribution in [2.45, 2.75) is 45.3 Å². The molecule has 2 rings (SSSR count). The van der Waals surface area contributed by atoms with E-state index in [1.165, 1.54) is 0 Å². The summed E-state index contributed by atoms with van der Waals surface area (Å²) in [5, 5.41) is 0. The van der Waals surface area contributed by atoms with Crippen molar-refractivity contribution < 1.29 is 4.79 Å². The minimum atomic E-state index is 0.113. The highest BCUT2D eigenvalue weighted by atomic mass is 16.2. The van der Waals surface area contributed by atoms with E-state index in [0.29, 0.717) is 18.6 Å². The van der Waals surface area contributed by atoms with Crippen LogP contribution in [0.1, 0.15) is 42.6 Å². The predicted octanol–water partition coefficient (Wildman–Crippen LogP) is 2.09. The van der Waals surface area contributed by atoms with E-state index in [0.717, 1.165) is 37.1 Å². The first kappa shape index (κ1) is 16.0. The van der Waals surface area contributed by atoms with Crippen LogP contribution < -0.4 is 5.73 Å². The lowest BCUT2D eigenvalue weighted by atomic mass is 10.0. The molecule has 0 saturated carbocycles. The van der Waals surface area contributed by atoms with E-state index in [4.69, 9.17) is 5.73 Å². The Balaban J connectivity index is 1.96. The second kappa shape index (κ2) is 7.05. The van der Waals surface area contributed by atoms with Crippen LogP contribution in [0.2, 0.25) is 0 Å². The van der Waals surface area contributed by atoms with Crippen molar-refractivity contribution >= 4 is 5.91 Å². The van der Waals surface area contributed by atoms with Crippen molar-refractivity contribution in [3.63, 3.8) is 0 Å². The third-order valence-electron chi connectivity index (χ3n) is 4.53. The molecule has 0 radical (unpaired) electrons. The van der Waals surface area contributed by atoms with Gasteiger partial charge in [0.05, 0.1) is 0 Å². The maximum atomic E-state index is 12.5. The number of hydrogen-bond donors (Lipinski definition) is 1. The van der Waals surface area contributed by atoms with E-state index in [1.807, 2.05) is 36.2 Å². The van der Waals surface area contributed by atoms with Gasteiger partial charge in [-0.25, -0.2) is 0 Å². The fraction of sp³-hybridized carbons (Fsp3) is 0.588. The van der Waals surface area contributed by atoms with Gasteiger partial charge in [0.2, 0.25) is 0 Å². The number of likely N-dealkylation sites (tertiary alicyclic amines) is 1. The van der Waals surface area contributed by atoms with Crippen LogP contribution in [-0.4, -0.2) is 47.9 Å². The van der Waals surface area contributed by atoms with Crippen molar-refractivity contribution in [3.8, 4) is 0 Å². The first-order chi connectivity index (χ1) is 10.0. The summed E-state index contributed by atoms with van der Waals surface area (Å²) in [5.41, 5.74) is 7.40. The van der Waals surface area contributed by atoms with Crippen molar-refractivity contribution in [1.82, 2.24) is 9.80 Å². The molecule has 1 heterocycles. The molecule has 1 aliphatic rings. The molecule has 1 aromatic rings. The average molecular weight is 289 g/mol. The number of carbonyl (C=O) groups excluding carboxylic acids is 1. The number of piperidine rings is 1. The number of rotatable bonds is 4.